The Morgan fingerprint density at radius 2 is 1.51 bits per heavy atom. The number of nitro groups is 1. The van der Waals surface area contributed by atoms with Gasteiger partial charge in [-0.25, -0.2) is 4.39 Å². The van der Waals surface area contributed by atoms with Crippen LogP contribution in [0.15, 0.2) is 36.4 Å². The number of nitrogen functional groups attached to an aromatic ring is 1. The Hall–Kier alpha value is -3.15. The summed E-state index contributed by atoms with van der Waals surface area (Å²) >= 11 is 0. The van der Waals surface area contributed by atoms with Crippen molar-refractivity contribution in [3.63, 3.8) is 0 Å². The topological polar surface area (TPSA) is 109 Å². The zero-order valence-corrected chi connectivity index (χ0v) is 21.0. The molecule has 0 bridgehead atoms. The number of ether oxygens (including phenoxy) is 2. The standard InChI is InChI=1S/C12H19N3O.C7H6FNO3.C5H12N2/c1-14-5-7-15(8-6-14)10-3-4-11(13)12(9-10)16-2;1-12-7-4-5(8)2-3-6(7)9(10)11;1-7-4-2-6-3-5-7/h3-4,9H,5-8,13H2,1-2H3;2-4H,1H3;6H,2-5H2,1H3. The van der Waals surface area contributed by atoms with Crippen molar-refractivity contribution in [2.45, 2.75) is 0 Å². The molecule has 11 heteroatoms. The summed E-state index contributed by atoms with van der Waals surface area (Å²) in [4.78, 5) is 16.7. The number of rotatable bonds is 4. The van der Waals surface area contributed by atoms with Crippen molar-refractivity contribution in [2.75, 3.05) is 91.3 Å². The van der Waals surface area contributed by atoms with Gasteiger partial charge in [-0.2, -0.15) is 0 Å². The van der Waals surface area contributed by atoms with Gasteiger partial charge in [0.1, 0.15) is 11.6 Å². The molecule has 0 saturated carbocycles. The van der Waals surface area contributed by atoms with Gasteiger partial charge in [-0.05, 0) is 32.3 Å². The van der Waals surface area contributed by atoms with Crippen molar-refractivity contribution in [3.05, 3.63) is 52.3 Å². The van der Waals surface area contributed by atoms with Crippen molar-refractivity contribution in [1.29, 1.82) is 0 Å². The number of hydrogen-bond acceptors (Lipinski definition) is 9. The first-order valence-electron chi connectivity index (χ1n) is 11.5. The lowest BCUT2D eigenvalue weighted by atomic mass is 10.2. The van der Waals surface area contributed by atoms with Crippen LogP contribution in [0.1, 0.15) is 0 Å². The van der Waals surface area contributed by atoms with Gasteiger partial charge in [-0.1, -0.05) is 0 Å². The van der Waals surface area contributed by atoms with E-state index in [1.54, 1.807) is 7.11 Å². The normalized spacial score (nSPS) is 16.3. The highest BCUT2D eigenvalue weighted by Gasteiger charge is 2.15. The van der Waals surface area contributed by atoms with E-state index in [4.69, 9.17) is 10.5 Å². The van der Waals surface area contributed by atoms with Crippen LogP contribution >= 0.6 is 0 Å². The molecule has 4 rings (SSSR count). The zero-order valence-electron chi connectivity index (χ0n) is 21.0. The quantitative estimate of drug-likeness (QED) is 0.377. The van der Waals surface area contributed by atoms with Crippen LogP contribution in [0.25, 0.3) is 0 Å². The summed E-state index contributed by atoms with van der Waals surface area (Å²) in [5.74, 6) is 0.133. The molecule has 2 fully saturated rings. The highest BCUT2D eigenvalue weighted by molar-refractivity contribution is 5.62. The van der Waals surface area contributed by atoms with Gasteiger partial charge in [0, 0.05) is 76.2 Å². The first kappa shape index (κ1) is 28.1. The highest BCUT2D eigenvalue weighted by atomic mass is 19.1. The number of hydrogen-bond donors (Lipinski definition) is 2. The average molecular weight is 493 g/mol. The fourth-order valence-electron chi connectivity index (χ4n) is 3.54. The average Bonchev–Trinajstić information content (AvgIpc) is 2.86. The van der Waals surface area contributed by atoms with Gasteiger partial charge >= 0.3 is 5.69 Å². The third-order valence-electron chi connectivity index (χ3n) is 5.76. The van der Waals surface area contributed by atoms with E-state index in [0.29, 0.717) is 5.69 Å². The minimum Gasteiger partial charge on any atom is -0.495 e. The Balaban J connectivity index is 0.000000200. The lowest BCUT2D eigenvalue weighted by Crippen LogP contribution is -2.44. The molecule has 0 unspecified atom stereocenters. The van der Waals surface area contributed by atoms with Crippen molar-refractivity contribution in [2.24, 2.45) is 0 Å². The zero-order chi connectivity index (χ0) is 25.8. The number of piperazine rings is 2. The van der Waals surface area contributed by atoms with E-state index in [2.05, 4.69) is 44.9 Å². The maximum absolute atomic E-state index is 12.5. The van der Waals surface area contributed by atoms with Gasteiger partial charge in [-0.15, -0.1) is 0 Å². The van der Waals surface area contributed by atoms with Crippen molar-refractivity contribution < 1.29 is 18.8 Å². The van der Waals surface area contributed by atoms with Crippen LogP contribution in [-0.2, 0) is 0 Å². The molecule has 2 aromatic carbocycles. The molecule has 194 valence electrons. The van der Waals surface area contributed by atoms with Crippen LogP contribution in [0.5, 0.6) is 11.5 Å². The van der Waals surface area contributed by atoms with E-state index in [0.717, 1.165) is 63.2 Å². The van der Waals surface area contributed by atoms with Crippen LogP contribution in [-0.4, -0.2) is 95.4 Å². The molecule has 35 heavy (non-hydrogen) atoms. The number of likely N-dealkylation sites (N-methyl/N-ethyl adjacent to an activating group) is 2. The number of nitrogens with one attached hydrogen (secondary N) is 1. The van der Waals surface area contributed by atoms with E-state index in [9.17, 15) is 14.5 Å². The molecular weight excluding hydrogens is 455 g/mol. The summed E-state index contributed by atoms with van der Waals surface area (Å²) in [5, 5.41) is 13.6. The predicted molar refractivity (Wildman–Crippen MR) is 137 cm³/mol. The number of nitro benzene ring substituents is 1. The Bertz CT molecular complexity index is 934. The summed E-state index contributed by atoms with van der Waals surface area (Å²) < 4.78 is 22.3. The van der Waals surface area contributed by atoms with Crippen molar-refractivity contribution in [3.8, 4) is 11.5 Å². The van der Waals surface area contributed by atoms with E-state index >= 15 is 0 Å². The number of benzene rings is 2. The Morgan fingerprint density at radius 1 is 0.914 bits per heavy atom. The second-order valence-electron chi connectivity index (χ2n) is 8.34. The molecule has 0 atom stereocenters. The van der Waals surface area contributed by atoms with Gasteiger partial charge in [0.2, 0.25) is 0 Å². The van der Waals surface area contributed by atoms with Gasteiger partial charge < -0.3 is 35.2 Å². The smallest absolute Gasteiger partial charge is 0.311 e. The van der Waals surface area contributed by atoms with E-state index in [-0.39, 0.29) is 11.4 Å². The van der Waals surface area contributed by atoms with Gasteiger partial charge in [0.25, 0.3) is 0 Å². The molecule has 0 amide bonds. The Morgan fingerprint density at radius 3 is 2.03 bits per heavy atom. The molecule has 2 saturated heterocycles. The molecule has 0 radical (unpaired) electrons. The molecule has 2 aliphatic heterocycles. The van der Waals surface area contributed by atoms with Crippen LogP contribution < -0.4 is 25.4 Å². The Labute approximate surface area is 206 Å². The molecule has 2 aromatic rings. The number of nitrogens with two attached hydrogens (primary N) is 1. The van der Waals surface area contributed by atoms with Crippen LogP contribution in [0.4, 0.5) is 21.5 Å². The largest absolute Gasteiger partial charge is 0.495 e. The van der Waals surface area contributed by atoms with Crippen molar-refractivity contribution in [1.82, 2.24) is 15.1 Å². The fraction of sp³-hybridized carbons (Fsp3) is 0.500. The minimum atomic E-state index is -0.627. The molecule has 2 heterocycles. The summed E-state index contributed by atoms with van der Waals surface area (Å²) in [6.45, 7) is 9.07. The fourth-order valence-corrected chi connectivity index (χ4v) is 3.54. The lowest BCUT2D eigenvalue weighted by Gasteiger charge is -2.34. The SMILES string of the molecule is CN1CCNCC1.COc1cc(F)ccc1[N+](=O)[O-].COc1cc(N2CCN(C)CC2)ccc1N. The number of methoxy groups -OCH3 is 2. The molecule has 0 aliphatic carbocycles. The Kier molecular flexibility index (Phi) is 11.5. The summed E-state index contributed by atoms with van der Waals surface area (Å²) in [7, 11) is 7.21. The molecule has 0 spiro atoms. The van der Waals surface area contributed by atoms with Gasteiger partial charge in [-0.3, -0.25) is 10.1 Å². The second kappa shape index (κ2) is 14.3. The maximum atomic E-state index is 12.5. The molecule has 0 aromatic heterocycles. The first-order chi connectivity index (χ1) is 16.7. The molecule has 10 nitrogen and oxygen atoms in total. The molecule has 2 aliphatic rings. The van der Waals surface area contributed by atoms with Crippen LogP contribution in [0.3, 0.4) is 0 Å². The number of halogens is 1. The molecule has 3 N–H and O–H groups in total. The van der Waals surface area contributed by atoms with Gasteiger partial charge in [0.05, 0.1) is 24.8 Å². The second-order valence-corrected chi connectivity index (χ2v) is 8.34. The maximum Gasteiger partial charge on any atom is 0.311 e. The highest BCUT2D eigenvalue weighted by Crippen LogP contribution is 2.28. The van der Waals surface area contributed by atoms with Crippen LogP contribution in [0.2, 0.25) is 0 Å². The lowest BCUT2D eigenvalue weighted by molar-refractivity contribution is -0.385. The molecular formula is C24H37FN6O4. The summed E-state index contributed by atoms with van der Waals surface area (Å²) in [6.07, 6.45) is 0. The predicted octanol–water partition coefficient (Wildman–Crippen LogP) is 2.29. The monoisotopic (exact) mass is 492 g/mol. The van der Waals surface area contributed by atoms with E-state index in [1.807, 2.05) is 12.1 Å². The third-order valence-corrected chi connectivity index (χ3v) is 5.76. The third kappa shape index (κ3) is 9.19. The minimum absolute atomic E-state index is 0.0694. The van der Waals surface area contributed by atoms with Crippen molar-refractivity contribution >= 4 is 17.1 Å². The summed E-state index contributed by atoms with van der Waals surface area (Å²) in [5.41, 5.74) is 7.45. The van der Waals surface area contributed by atoms with Crippen LogP contribution in [0, 0.1) is 15.9 Å². The van der Waals surface area contributed by atoms with E-state index < -0.39 is 10.7 Å². The summed E-state index contributed by atoms with van der Waals surface area (Å²) in [6, 6.07) is 9.03. The first-order valence-corrected chi connectivity index (χ1v) is 11.5. The number of anilines is 2. The number of nitrogens with zero attached hydrogens (tertiary/aromatic N) is 4. The van der Waals surface area contributed by atoms with E-state index in [1.165, 1.54) is 25.9 Å². The van der Waals surface area contributed by atoms with Gasteiger partial charge in [0.15, 0.2) is 5.75 Å².